The lowest BCUT2D eigenvalue weighted by molar-refractivity contribution is 0.617. The zero-order chi connectivity index (χ0) is 10.0. The van der Waals surface area contributed by atoms with Crippen LogP contribution in [0.25, 0.3) is 0 Å². The molecule has 72 valence electrons. The van der Waals surface area contributed by atoms with Gasteiger partial charge in [-0.05, 0) is 18.6 Å². The first-order chi connectivity index (χ1) is 6.07. The molecule has 0 radical (unpaired) electrons. The van der Waals surface area contributed by atoms with E-state index < -0.39 is 5.82 Å². The minimum Gasteiger partial charge on any atom is -0.324 e. The Morgan fingerprint density at radius 3 is 2.62 bits per heavy atom. The molecule has 2 N–H and O–H groups in total. The third-order valence-electron chi connectivity index (χ3n) is 1.89. The van der Waals surface area contributed by atoms with E-state index in [0.717, 1.165) is 0 Å². The fraction of sp³-hybridized carbons (Fsp3) is 0.333. The maximum absolute atomic E-state index is 13.0. The zero-order valence-electron chi connectivity index (χ0n) is 7.15. The monoisotopic (exact) mass is 221 g/mol. The summed E-state index contributed by atoms with van der Waals surface area (Å²) in [5, 5.41) is 0.447. The summed E-state index contributed by atoms with van der Waals surface area (Å²) in [5.41, 5.74) is 6.22. The third kappa shape index (κ3) is 2.13. The van der Waals surface area contributed by atoms with Crippen molar-refractivity contribution in [3.8, 4) is 0 Å². The van der Waals surface area contributed by atoms with E-state index in [9.17, 15) is 4.39 Å². The first kappa shape index (κ1) is 10.8. The summed E-state index contributed by atoms with van der Waals surface area (Å²) in [6, 6.07) is 2.39. The molecule has 1 aromatic carbocycles. The van der Waals surface area contributed by atoms with Gasteiger partial charge in [0.25, 0.3) is 0 Å². The predicted molar refractivity (Wildman–Crippen MR) is 53.6 cm³/mol. The number of hydrogen-bond donors (Lipinski definition) is 1. The van der Waals surface area contributed by atoms with E-state index in [2.05, 4.69) is 0 Å². The summed E-state index contributed by atoms with van der Waals surface area (Å²) >= 11 is 11.6. The Kier molecular flexibility index (Phi) is 3.54. The molecule has 0 aliphatic heterocycles. The predicted octanol–water partition coefficient (Wildman–Crippen LogP) is 3.54. The Morgan fingerprint density at radius 2 is 2.08 bits per heavy atom. The van der Waals surface area contributed by atoms with Gasteiger partial charge in [0.05, 0.1) is 5.02 Å². The lowest BCUT2D eigenvalue weighted by atomic mass is 10.1. The molecule has 1 unspecified atom stereocenters. The van der Waals surface area contributed by atoms with Crippen molar-refractivity contribution >= 4 is 23.2 Å². The number of halogens is 3. The van der Waals surface area contributed by atoms with E-state index >= 15 is 0 Å². The Bertz CT molecular complexity index is 315. The SMILES string of the molecule is CCC(N)c1c(Cl)ccc(F)c1Cl. The summed E-state index contributed by atoms with van der Waals surface area (Å²) in [5.74, 6) is -0.482. The van der Waals surface area contributed by atoms with Crippen molar-refractivity contribution < 1.29 is 4.39 Å². The maximum atomic E-state index is 13.0. The average molecular weight is 222 g/mol. The summed E-state index contributed by atoms with van der Waals surface area (Å²) in [7, 11) is 0. The van der Waals surface area contributed by atoms with Gasteiger partial charge >= 0.3 is 0 Å². The van der Waals surface area contributed by atoms with Crippen molar-refractivity contribution in [2.24, 2.45) is 5.73 Å². The highest BCUT2D eigenvalue weighted by molar-refractivity contribution is 6.36. The highest BCUT2D eigenvalue weighted by Gasteiger charge is 2.15. The number of rotatable bonds is 2. The van der Waals surface area contributed by atoms with Gasteiger partial charge in [-0.1, -0.05) is 30.1 Å². The molecule has 0 aliphatic carbocycles. The van der Waals surface area contributed by atoms with Crippen LogP contribution in [0.5, 0.6) is 0 Å². The van der Waals surface area contributed by atoms with Gasteiger partial charge in [0.2, 0.25) is 0 Å². The van der Waals surface area contributed by atoms with Crippen LogP contribution >= 0.6 is 23.2 Å². The maximum Gasteiger partial charge on any atom is 0.142 e. The van der Waals surface area contributed by atoms with Crippen molar-refractivity contribution in [3.63, 3.8) is 0 Å². The largest absolute Gasteiger partial charge is 0.324 e. The molecule has 1 atom stereocenters. The van der Waals surface area contributed by atoms with E-state index in [1.807, 2.05) is 6.92 Å². The summed E-state index contributed by atoms with van der Waals surface area (Å²) < 4.78 is 13.0. The standard InChI is InChI=1S/C9H10Cl2FN/c1-2-7(13)8-5(10)3-4-6(12)9(8)11/h3-4,7H,2,13H2,1H3. The van der Waals surface area contributed by atoms with Gasteiger partial charge in [0.15, 0.2) is 0 Å². The molecular formula is C9H10Cl2FN. The normalized spacial score (nSPS) is 13.0. The molecule has 1 nitrogen and oxygen atoms in total. The van der Waals surface area contributed by atoms with Crippen molar-refractivity contribution in [2.45, 2.75) is 19.4 Å². The molecule has 0 saturated heterocycles. The van der Waals surface area contributed by atoms with E-state index in [0.29, 0.717) is 17.0 Å². The van der Waals surface area contributed by atoms with E-state index in [1.54, 1.807) is 0 Å². The van der Waals surface area contributed by atoms with Gasteiger partial charge in [0, 0.05) is 16.6 Å². The zero-order valence-corrected chi connectivity index (χ0v) is 8.66. The fourth-order valence-corrected chi connectivity index (χ4v) is 1.74. The molecule has 0 saturated carbocycles. The van der Waals surface area contributed by atoms with Crippen LogP contribution in [0.15, 0.2) is 12.1 Å². The summed E-state index contributed by atoms with van der Waals surface area (Å²) in [6.07, 6.45) is 0.670. The molecular weight excluding hydrogens is 212 g/mol. The van der Waals surface area contributed by atoms with Crippen LogP contribution in [0.4, 0.5) is 4.39 Å². The molecule has 0 aliphatic rings. The second-order valence-electron chi connectivity index (χ2n) is 2.77. The van der Waals surface area contributed by atoms with Crippen LogP contribution in [0.3, 0.4) is 0 Å². The Hall–Kier alpha value is -0.310. The van der Waals surface area contributed by atoms with E-state index in [-0.39, 0.29) is 11.1 Å². The van der Waals surface area contributed by atoms with Crippen molar-refractivity contribution in [2.75, 3.05) is 0 Å². The Morgan fingerprint density at radius 1 is 1.46 bits per heavy atom. The molecule has 0 bridgehead atoms. The Balaban J connectivity index is 3.25. The first-order valence-electron chi connectivity index (χ1n) is 3.96. The molecule has 0 fully saturated rings. The molecule has 4 heteroatoms. The summed E-state index contributed by atoms with van der Waals surface area (Å²) in [4.78, 5) is 0. The molecule has 0 aromatic heterocycles. The van der Waals surface area contributed by atoms with Crippen LogP contribution < -0.4 is 5.73 Å². The van der Waals surface area contributed by atoms with Gasteiger partial charge in [-0.15, -0.1) is 0 Å². The highest BCUT2D eigenvalue weighted by Crippen LogP contribution is 2.32. The average Bonchev–Trinajstić information content (AvgIpc) is 2.12. The fourth-order valence-electron chi connectivity index (χ4n) is 1.09. The van der Waals surface area contributed by atoms with Crippen LogP contribution in [0.1, 0.15) is 24.9 Å². The lowest BCUT2D eigenvalue weighted by Gasteiger charge is -2.13. The minimum atomic E-state index is -0.482. The second-order valence-corrected chi connectivity index (χ2v) is 3.56. The van der Waals surface area contributed by atoms with Gasteiger partial charge in [-0.2, -0.15) is 0 Å². The van der Waals surface area contributed by atoms with E-state index in [1.165, 1.54) is 12.1 Å². The molecule has 1 rings (SSSR count). The minimum absolute atomic E-state index is 0.0295. The first-order valence-corrected chi connectivity index (χ1v) is 4.72. The van der Waals surface area contributed by atoms with Gasteiger partial charge in [-0.25, -0.2) is 4.39 Å². The van der Waals surface area contributed by atoms with Crippen molar-refractivity contribution in [1.29, 1.82) is 0 Å². The van der Waals surface area contributed by atoms with Crippen molar-refractivity contribution in [3.05, 3.63) is 33.6 Å². The molecule has 13 heavy (non-hydrogen) atoms. The Labute approximate surface area is 86.6 Å². The summed E-state index contributed by atoms with van der Waals surface area (Å²) in [6.45, 7) is 1.89. The third-order valence-corrected chi connectivity index (χ3v) is 2.60. The highest BCUT2D eigenvalue weighted by atomic mass is 35.5. The van der Waals surface area contributed by atoms with Gasteiger partial charge in [-0.3, -0.25) is 0 Å². The molecule has 0 spiro atoms. The van der Waals surface area contributed by atoms with Gasteiger partial charge < -0.3 is 5.73 Å². The second kappa shape index (κ2) is 4.27. The lowest BCUT2D eigenvalue weighted by Crippen LogP contribution is -2.10. The van der Waals surface area contributed by atoms with Crippen LogP contribution in [0.2, 0.25) is 10.0 Å². The number of benzene rings is 1. The van der Waals surface area contributed by atoms with Gasteiger partial charge in [0.1, 0.15) is 5.82 Å². The molecule has 1 aromatic rings. The molecule has 0 heterocycles. The smallest absolute Gasteiger partial charge is 0.142 e. The van der Waals surface area contributed by atoms with E-state index in [4.69, 9.17) is 28.9 Å². The van der Waals surface area contributed by atoms with Crippen LogP contribution in [0, 0.1) is 5.82 Å². The van der Waals surface area contributed by atoms with Crippen molar-refractivity contribution in [1.82, 2.24) is 0 Å². The quantitative estimate of drug-likeness (QED) is 0.761. The molecule has 0 amide bonds. The van der Waals surface area contributed by atoms with Crippen LogP contribution in [-0.2, 0) is 0 Å². The van der Waals surface area contributed by atoms with Crippen LogP contribution in [-0.4, -0.2) is 0 Å². The number of nitrogens with two attached hydrogens (primary N) is 1. The number of hydrogen-bond acceptors (Lipinski definition) is 1. The topological polar surface area (TPSA) is 26.0 Å².